The van der Waals surface area contributed by atoms with E-state index in [4.69, 9.17) is 0 Å². The van der Waals surface area contributed by atoms with Crippen molar-refractivity contribution in [3.05, 3.63) is 30.5 Å². The summed E-state index contributed by atoms with van der Waals surface area (Å²) in [5, 5.41) is 0.727. The minimum absolute atomic E-state index is 0.727. The van der Waals surface area contributed by atoms with Gasteiger partial charge in [0.15, 0.2) is 0 Å². The van der Waals surface area contributed by atoms with Crippen molar-refractivity contribution in [2.75, 3.05) is 0 Å². The number of rotatable bonds is 0. The smallest absolute Gasteiger partial charge is 0.0938 e. The van der Waals surface area contributed by atoms with Crippen LogP contribution in [-0.4, -0.2) is 9.97 Å². The van der Waals surface area contributed by atoms with Crippen molar-refractivity contribution in [1.29, 1.82) is 0 Å². The van der Waals surface area contributed by atoms with E-state index in [9.17, 15) is 0 Å². The minimum atomic E-state index is 0.727. The second-order valence-corrected chi connectivity index (χ2v) is 2.67. The summed E-state index contributed by atoms with van der Waals surface area (Å²) < 4.78 is 0. The van der Waals surface area contributed by atoms with Crippen molar-refractivity contribution in [3.8, 4) is 0 Å². The largest absolute Gasteiger partial charge is 0.255 e. The Morgan fingerprint density at radius 1 is 1.09 bits per heavy atom. The first-order valence-corrected chi connectivity index (χ1v) is 3.72. The molecule has 11 heavy (non-hydrogen) atoms. The molecule has 0 aromatic carbocycles. The van der Waals surface area contributed by atoms with Crippen molar-refractivity contribution < 1.29 is 0 Å². The number of nitrogens with zero attached hydrogens (tertiary/aromatic N) is 2. The van der Waals surface area contributed by atoms with Crippen LogP contribution in [0, 0.1) is 0 Å². The normalized spacial score (nSPS) is 10.3. The minimum Gasteiger partial charge on any atom is -0.255 e. The van der Waals surface area contributed by atoms with Gasteiger partial charge in [-0.2, -0.15) is 0 Å². The van der Waals surface area contributed by atoms with E-state index in [2.05, 4.69) is 22.6 Å². The Bertz CT molecular complexity index is 387. The van der Waals surface area contributed by atoms with Gasteiger partial charge in [0.1, 0.15) is 0 Å². The summed E-state index contributed by atoms with van der Waals surface area (Å²) in [4.78, 5) is 8.30. The summed E-state index contributed by atoms with van der Waals surface area (Å²) in [7, 11) is 0. The Labute approximate surface area is 69.7 Å². The molecule has 0 atom stereocenters. The van der Waals surface area contributed by atoms with Crippen LogP contribution in [0.2, 0.25) is 0 Å². The first-order valence-electron chi connectivity index (χ1n) is 3.27. The molecule has 0 aliphatic rings. The Kier molecular flexibility index (Phi) is 1.51. The Balaban J connectivity index is 2.83. The van der Waals surface area contributed by atoms with Gasteiger partial charge >= 0.3 is 0 Å². The topological polar surface area (TPSA) is 25.8 Å². The van der Waals surface area contributed by atoms with Gasteiger partial charge in [0, 0.05) is 6.20 Å². The predicted octanol–water partition coefficient (Wildman–Crippen LogP) is 1.92. The summed E-state index contributed by atoms with van der Waals surface area (Å²) in [6.07, 6.45) is 1.75. The van der Waals surface area contributed by atoms with E-state index in [1.54, 1.807) is 6.20 Å². The van der Waals surface area contributed by atoms with Crippen LogP contribution in [0.5, 0.6) is 0 Å². The zero-order valence-electron chi connectivity index (χ0n) is 5.73. The average molecular weight is 162 g/mol. The number of pyridine rings is 2. The van der Waals surface area contributed by atoms with Crippen LogP contribution in [0.15, 0.2) is 35.5 Å². The van der Waals surface area contributed by atoms with Crippen molar-refractivity contribution in [3.63, 3.8) is 0 Å². The summed E-state index contributed by atoms with van der Waals surface area (Å²) in [5.41, 5.74) is 1.80. The molecule has 0 fully saturated rings. The molecule has 2 aromatic heterocycles. The molecule has 0 N–H and O–H groups in total. The number of hydrogen-bond donors (Lipinski definition) is 1. The molecule has 2 nitrogen and oxygen atoms in total. The summed E-state index contributed by atoms with van der Waals surface area (Å²) >= 11 is 4.12. The zero-order chi connectivity index (χ0) is 7.68. The fourth-order valence-corrected chi connectivity index (χ4v) is 1.13. The maximum absolute atomic E-state index is 4.18. The third-order valence-corrected chi connectivity index (χ3v) is 1.69. The molecular formula is C8H6N2S. The van der Waals surface area contributed by atoms with E-state index in [1.165, 1.54) is 0 Å². The van der Waals surface area contributed by atoms with Crippen LogP contribution >= 0.6 is 12.6 Å². The molecule has 0 saturated carbocycles. The van der Waals surface area contributed by atoms with Crippen molar-refractivity contribution in [2.24, 2.45) is 0 Å². The lowest BCUT2D eigenvalue weighted by Crippen LogP contribution is -1.81. The average Bonchev–Trinajstić information content (AvgIpc) is 2.04. The highest BCUT2D eigenvalue weighted by molar-refractivity contribution is 7.80. The maximum atomic E-state index is 4.18. The lowest BCUT2D eigenvalue weighted by Gasteiger charge is -1.94. The van der Waals surface area contributed by atoms with Gasteiger partial charge in [0.25, 0.3) is 0 Å². The first kappa shape index (κ1) is 6.61. The van der Waals surface area contributed by atoms with Gasteiger partial charge in [-0.15, -0.1) is 12.6 Å². The van der Waals surface area contributed by atoms with Gasteiger partial charge in [-0.25, -0.2) is 4.98 Å². The monoisotopic (exact) mass is 162 g/mol. The molecule has 0 unspecified atom stereocenters. The van der Waals surface area contributed by atoms with Crippen LogP contribution in [0.3, 0.4) is 0 Å². The molecule has 0 amide bonds. The quantitative estimate of drug-likeness (QED) is 0.599. The molecule has 0 aliphatic heterocycles. The van der Waals surface area contributed by atoms with Gasteiger partial charge in [0.05, 0.1) is 16.1 Å². The van der Waals surface area contributed by atoms with Crippen molar-refractivity contribution >= 4 is 23.7 Å². The summed E-state index contributed by atoms with van der Waals surface area (Å²) in [6.45, 7) is 0. The summed E-state index contributed by atoms with van der Waals surface area (Å²) in [6, 6.07) is 7.52. The standard InChI is InChI=1S/C8H6N2S/c11-8-4-3-6-7(10-8)2-1-5-9-6/h1-5H,(H,10,11). The number of thiol groups is 1. The third kappa shape index (κ3) is 1.19. The Morgan fingerprint density at radius 2 is 2.00 bits per heavy atom. The van der Waals surface area contributed by atoms with Gasteiger partial charge in [0.2, 0.25) is 0 Å². The van der Waals surface area contributed by atoms with E-state index in [0.717, 1.165) is 16.1 Å². The van der Waals surface area contributed by atoms with E-state index in [1.807, 2.05) is 24.3 Å². The molecule has 54 valence electrons. The number of aromatic nitrogens is 2. The van der Waals surface area contributed by atoms with Gasteiger partial charge < -0.3 is 0 Å². The fourth-order valence-electron chi connectivity index (χ4n) is 0.946. The molecule has 3 heteroatoms. The van der Waals surface area contributed by atoms with E-state index in [0.29, 0.717) is 0 Å². The van der Waals surface area contributed by atoms with E-state index >= 15 is 0 Å². The number of hydrogen-bond acceptors (Lipinski definition) is 3. The first-order chi connectivity index (χ1) is 5.36. The highest BCUT2D eigenvalue weighted by Gasteiger charge is 1.92. The molecular weight excluding hydrogens is 156 g/mol. The molecule has 0 bridgehead atoms. The Morgan fingerprint density at radius 3 is 2.91 bits per heavy atom. The fraction of sp³-hybridized carbons (Fsp3) is 0. The van der Waals surface area contributed by atoms with Gasteiger partial charge in [-0.1, -0.05) is 0 Å². The van der Waals surface area contributed by atoms with E-state index < -0.39 is 0 Å². The molecule has 0 radical (unpaired) electrons. The van der Waals surface area contributed by atoms with Crippen LogP contribution in [0.25, 0.3) is 11.0 Å². The lowest BCUT2D eigenvalue weighted by molar-refractivity contribution is 1.18. The van der Waals surface area contributed by atoms with Crippen LogP contribution in [-0.2, 0) is 0 Å². The molecule has 0 aliphatic carbocycles. The molecule has 2 heterocycles. The van der Waals surface area contributed by atoms with Gasteiger partial charge in [-0.3, -0.25) is 4.98 Å². The zero-order valence-corrected chi connectivity index (χ0v) is 6.62. The third-order valence-electron chi connectivity index (χ3n) is 1.44. The van der Waals surface area contributed by atoms with Crippen molar-refractivity contribution in [1.82, 2.24) is 9.97 Å². The van der Waals surface area contributed by atoms with Crippen LogP contribution in [0.1, 0.15) is 0 Å². The number of fused-ring (bicyclic) bond motifs is 1. The molecule has 0 spiro atoms. The summed E-state index contributed by atoms with van der Waals surface area (Å²) in [5.74, 6) is 0. The molecule has 0 saturated heterocycles. The van der Waals surface area contributed by atoms with Crippen LogP contribution < -0.4 is 0 Å². The van der Waals surface area contributed by atoms with E-state index in [-0.39, 0.29) is 0 Å². The van der Waals surface area contributed by atoms with Crippen molar-refractivity contribution in [2.45, 2.75) is 5.03 Å². The maximum Gasteiger partial charge on any atom is 0.0938 e. The van der Waals surface area contributed by atoms with Crippen LogP contribution in [0.4, 0.5) is 0 Å². The van der Waals surface area contributed by atoms with Gasteiger partial charge in [-0.05, 0) is 24.3 Å². The second kappa shape index (κ2) is 2.51. The highest BCUT2D eigenvalue weighted by atomic mass is 32.1. The Hall–Kier alpha value is -1.09. The second-order valence-electron chi connectivity index (χ2n) is 2.21. The SMILES string of the molecule is Sc1ccc2ncccc2n1. The molecule has 2 aromatic rings. The predicted molar refractivity (Wildman–Crippen MR) is 46.8 cm³/mol. The highest BCUT2D eigenvalue weighted by Crippen LogP contribution is 2.10. The molecule has 2 rings (SSSR count). The lowest BCUT2D eigenvalue weighted by atomic mass is 10.3.